The fourth-order valence-electron chi connectivity index (χ4n) is 1.78. The lowest BCUT2D eigenvalue weighted by atomic mass is 10.2. The summed E-state index contributed by atoms with van der Waals surface area (Å²) in [5.74, 6) is 1.86. The normalized spacial score (nSPS) is 19.4. The van der Waals surface area contributed by atoms with Crippen molar-refractivity contribution in [1.29, 1.82) is 0 Å². The summed E-state index contributed by atoms with van der Waals surface area (Å²) in [5, 5.41) is 9.05. The lowest BCUT2D eigenvalue weighted by Gasteiger charge is -2.21. The Hall–Kier alpha value is -0.410. The van der Waals surface area contributed by atoms with Crippen molar-refractivity contribution in [2.45, 2.75) is 10.1 Å². The van der Waals surface area contributed by atoms with Gasteiger partial charge in [0, 0.05) is 29.1 Å². The molecule has 0 aromatic heterocycles. The first-order valence-electron chi connectivity index (χ1n) is 6.12. The highest BCUT2D eigenvalue weighted by Crippen LogP contribution is 2.24. The summed E-state index contributed by atoms with van der Waals surface area (Å²) in [5.41, 5.74) is -0.116. The first-order valence-corrected chi connectivity index (χ1v) is 10.2. The van der Waals surface area contributed by atoms with E-state index in [4.69, 9.17) is 16.7 Å². The minimum Gasteiger partial charge on any atom is -0.478 e. The average Bonchev–Trinajstić information content (AvgIpc) is 2.46. The van der Waals surface area contributed by atoms with E-state index < -0.39 is 16.0 Å². The van der Waals surface area contributed by atoms with Gasteiger partial charge >= 0.3 is 5.97 Å². The number of rotatable bonds is 5. The second-order valence-corrected chi connectivity index (χ2v) is 9.10. The van der Waals surface area contributed by atoms with Crippen LogP contribution in [0.3, 0.4) is 0 Å². The van der Waals surface area contributed by atoms with E-state index in [0.29, 0.717) is 6.54 Å². The Morgan fingerprint density at radius 1 is 1.43 bits per heavy atom. The molecule has 1 unspecified atom stereocenters. The molecule has 1 atom stereocenters. The number of halogens is 1. The van der Waals surface area contributed by atoms with Gasteiger partial charge in [0.05, 0.1) is 15.5 Å². The van der Waals surface area contributed by atoms with Crippen LogP contribution in [0.25, 0.3) is 0 Å². The molecule has 1 saturated heterocycles. The number of thioether (sulfide) groups is 2. The summed E-state index contributed by atoms with van der Waals surface area (Å²) in [7, 11) is -3.67. The van der Waals surface area contributed by atoms with E-state index >= 15 is 0 Å². The number of carbonyl (C=O) groups is 1. The lowest BCUT2D eigenvalue weighted by molar-refractivity contribution is 0.0697. The zero-order chi connectivity index (χ0) is 15.5. The molecule has 1 aromatic carbocycles. The third-order valence-corrected chi connectivity index (χ3v) is 7.45. The summed E-state index contributed by atoms with van der Waals surface area (Å²) in [6, 6.07) is 3.61. The number of hydrogen-bond acceptors (Lipinski definition) is 5. The molecular formula is C12H14ClNO4S3. The number of sulfonamides is 1. The number of carboxylic acids is 1. The van der Waals surface area contributed by atoms with Crippen LogP contribution in [0.1, 0.15) is 10.4 Å². The van der Waals surface area contributed by atoms with E-state index in [0.717, 1.165) is 23.3 Å². The van der Waals surface area contributed by atoms with Crippen molar-refractivity contribution in [1.82, 2.24) is 4.72 Å². The number of aromatic carboxylic acids is 1. The first-order chi connectivity index (χ1) is 9.90. The SMILES string of the molecule is O=C(O)c1ccc(S(=O)(=O)NCC2CSCCS2)cc1Cl. The first kappa shape index (κ1) is 17.0. The van der Waals surface area contributed by atoms with E-state index in [-0.39, 0.29) is 20.7 Å². The van der Waals surface area contributed by atoms with Crippen LogP contribution in [0.4, 0.5) is 0 Å². The maximum absolute atomic E-state index is 12.2. The van der Waals surface area contributed by atoms with Crippen molar-refractivity contribution in [3.8, 4) is 0 Å². The molecule has 1 fully saturated rings. The Balaban J connectivity index is 2.08. The molecule has 116 valence electrons. The van der Waals surface area contributed by atoms with Crippen LogP contribution >= 0.6 is 35.1 Å². The Morgan fingerprint density at radius 2 is 2.19 bits per heavy atom. The third-order valence-electron chi connectivity index (χ3n) is 2.87. The zero-order valence-electron chi connectivity index (χ0n) is 10.9. The van der Waals surface area contributed by atoms with Crippen LogP contribution in [-0.2, 0) is 10.0 Å². The maximum atomic E-state index is 12.2. The van der Waals surface area contributed by atoms with Crippen molar-refractivity contribution in [3.05, 3.63) is 28.8 Å². The van der Waals surface area contributed by atoms with Crippen molar-refractivity contribution in [2.75, 3.05) is 23.8 Å². The minimum atomic E-state index is -3.67. The summed E-state index contributed by atoms with van der Waals surface area (Å²) in [6.45, 7) is 0.359. The molecular weight excluding hydrogens is 354 g/mol. The van der Waals surface area contributed by atoms with Gasteiger partial charge < -0.3 is 5.11 Å². The zero-order valence-corrected chi connectivity index (χ0v) is 14.1. The van der Waals surface area contributed by atoms with Gasteiger partial charge in [-0.2, -0.15) is 23.5 Å². The van der Waals surface area contributed by atoms with Crippen LogP contribution < -0.4 is 4.72 Å². The topological polar surface area (TPSA) is 83.5 Å². The van der Waals surface area contributed by atoms with Crippen LogP contribution in [0.2, 0.25) is 5.02 Å². The summed E-state index contributed by atoms with van der Waals surface area (Å²) in [4.78, 5) is 10.8. The predicted molar refractivity (Wildman–Crippen MR) is 87.2 cm³/mol. The quantitative estimate of drug-likeness (QED) is 0.829. The Labute approximate surface area is 136 Å². The molecule has 2 rings (SSSR count). The van der Waals surface area contributed by atoms with E-state index in [1.165, 1.54) is 12.1 Å². The molecule has 0 amide bonds. The number of nitrogens with one attached hydrogen (secondary N) is 1. The molecule has 0 bridgehead atoms. The second kappa shape index (κ2) is 7.23. The van der Waals surface area contributed by atoms with Crippen molar-refractivity contribution < 1.29 is 18.3 Å². The largest absolute Gasteiger partial charge is 0.478 e. The maximum Gasteiger partial charge on any atom is 0.337 e. The minimum absolute atomic E-state index is 0.0223. The van der Waals surface area contributed by atoms with E-state index in [9.17, 15) is 13.2 Å². The standard InChI is InChI=1S/C12H14ClNO4S3/c13-11-5-9(1-2-10(11)12(15)16)21(17,18)14-6-8-7-19-3-4-20-8/h1-2,5,8,14H,3-4,6-7H2,(H,15,16). The van der Waals surface area contributed by atoms with E-state index in [2.05, 4.69) is 4.72 Å². The molecule has 5 nitrogen and oxygen atoms in total. The average molecular weight is 368 g/mol. The van der Waals surface area contributed by atoms with E-state index in [1.807, 2.05) is 11.8 Å². The van der Waals surface area contributed by atoms with Gasteiger partial charge in [0.1, 0.15) is 0 Å². The summed E-state index contributed by atoms with van der Waals surface area (Å²) in [6.07, 6.45) is 0. The molecule has 2 N–H and O–H groups in total. The van der Waals surface area contributed by atoms with Crippen molar-refractivity contribution >= 4 is 51.1 Å². The van der Waals surface area contributed by atoms with Crippen LogP contribution in [0.15, 0.2) is 23.1 Å². The molecule has 0 saturated carbocycles. The molecule has 1 aliphatic heterocycles. The van der Waals surface area contributed by atoms with Gasteiger partial charge in [-0.1, -0.05) is 11.6 Å². The smallest absolute Gasteiger partial charge is 0.337 e. The highest BCUT2D eigenvalue weighted by atomic mass is 35.5. The Morgan fingerprint density at radius 3 is 2.76 bits per heavy atom. The van der Waals surface area contributed by atoms with Gasteiger partial charge in [-0.25, -0.2) is 17.9 Å². The molecule has 1 aromatic rings. The number of carboxylic acid groups (broad SMARTS) is 1. The Kier molecular flexibility index (Phi) is 5.84. The highest BCUT2D eigenvalue weighted by Gasteiger charge is 2.21. The van der Waals surface area contributed by atoms with Gasteiger partial charge in [0.15, 0.2) is 0 Å². The van der Waals surface area contributed by atoms with E-state index in [1.54, 1.807) is 11.8 Å². The molecule has 0 spiro atoms. The van der Waals surface area contributed by atoms with Crippen molar-refractivity contribution in [2.24, 2.45) is 0 Å². The summed E-state index contributed by atoms with van der Waals surface area (Å²) < 4.78 is 26.9. The van der Waals surface area contributed by atoms with Crippen LogP contribution in [-0.4, -0.2) is 48.5 Å². The van der Waals surface area contributed by atoms with Gasteiger partial charge in [-0.15, -0.1) is 0 Å². The van der Waals surface area contributed by atoms with Crippen LogP contribution in [0, 0.1) is 0 Å². The third kappa shape index (κ3) is 4.53. The Bertz CT molecular complexity index is 629. The molecule has 0 radical (unpaired) electrons. The van der Waals surface area contributed by atoms with Gasteiger partial charge in [-0.3, -0.25) is 0 Å². The highest BCUT2D eigenvalue weighted by molar-refractivity contribution is 8.06. The van der Waals surface area contributed by atoms with Gasteiger partial charge in [-0.05, 0) is 18.2 Å². The number of benzene rings is 1. The molecule has 0 aliphatic carbocycles. The lowest BCUT2D eigenvalue weighted by Crippen LogP contribution is -2.33. The monoisotopic (exact) mass is 367 g/mol. The van der Waals surface area contributed by atoms with Gasteiger partial charge in [0.25, 0.3) is 0 Å². The molecule has 1 heterocycles. The molecule has 1 aliphatic rings. The molecule has 9 heteroatoms. The summed E-state index contributed by atoms with van der Waals surface area (Å²) >= 11 is 9.37. The van der Waals surface area contributed by atoms with Crippen molar-refractivity contribution in [3.63, 3.8) is 0 Å². The fourth-order valence-corrected chi connectivity index (χ4v) is 5.93. The van der Waals surface area contributed by atoms with Crippen LogP contribution in [0.5, 0.6) is 0 Å². The molecule has 21 heavy (non-hydrogen) atoms. The number of hydrogen-bond donors (Lipinski definition) is 2. The second-order valence-electron chi connectivity index (χ2n) is 4.37. The predicted octanol–water partition coefficient (Wildman–Crippen LogP) is 2.17. The fraction of sp³-hybridized carbons (Fsp3) is 0.417. The van der Waals surface area contributed by atoms with Gasteiger partial charge in [0.2, 0.25) is 10.0 Å².